The van der Waals surface area contributed by atoms with Crippen LogP contribution in [0.4, 0.5) is 0 Å². The number of aldehydes is 1. The maximum atomic E-state index is 10.5. The van der Waals surface area contributed by atoms with E-state index in [0.29, 0.717) is 6.04 Å². The molecule has 3 nitrogen and oxygen atoms in total. The lowest BCUT2D eigenvalue weighted by molar-refractivity contribution is -0.111. The summed E-state index contributed by atoms with van der Waals surface area (Å²) in [7, 11) is 1.97. The van der Waals surface area contributed by atoms with Crippen LogP contribution in [-0.2, 0) is 4.79 Å². The van der Waals surface area contributed by atoms with E-state index in [4.69, 9.17) is 0 Å². The molecule has 0 aliphatic carbocycles. The first-order valence-electron chi connectivity index (χ1n) is 4.46. The minimum atomic E-state index is -0.187. The van der Waals surface area contributed by atoms with Crippen molar-refractivity contribution < 1.29 is 4.79 Å². The molecular weight excluding hydrogens is 152 g/mol. The first-order chi connectivity index (χ1) is 5.75. The normalized spacial score (nSPS) is 22.6. The topological polar surface area (TPSA) is 32.3 Å². The highest BCUT2D eigenvalue weighted by atomic mass is 16.1. The Labute approximate surface area is 74.1 Å². The average Bonchev–Trinajstić information content (AvgIpc) is 2.17. The van der Waals surface area contributed by atoms with Gasteiger partial charge < -0.3 is 10.1 Å². The molecule has 1 unspecified atom stereocenters. The number of hydrogen-bond acceptors (Lipinski definition) is 3. The van der Waals surface area contributed by atoms with Gasteiger partial charge in [0.15, 0.2) is 0 Å². The van der Waals surface area contributed by atoms with Crippen molar-refractivity contribution in [2.75, 3.05) is 20.1 Å². The van der Waals surface area contributed by atoms with Crippen molar-refractivity contribution in [1.29, 1.82) is 0 Å². The number of carbonyl (C=O) groups excluding carboxylic acids is 1. The molecule has 1 fully saturated rings. The van der Waals surface area contributed by atoms with E-state index in [1.165, 1.54) is 0 Å². The fourth-order valence-corrected chi connectivity index (χ4v) is 1.58. The maximum absolute atomic E-state index is 10.5. The van der Waals surface area contributed by atoms with E-state index < -0.39 is 0 Å². The zero-order chi connectivity index (χ0) is 8.97. The van der Waals surface area contributed by atoms with Crippen LogP contribution in [0.5, 0.6) is 0 Å². The van der Waals surface area contributed by atoms with Gasteiger partial charge in [0.1, 0.15) is 6.29 Å². The molecule has 1 saturated heterocycles. The molecule has 0 saturated carbocycles. The second kappa shape index (κ2) is 4.58. The van der Waals surface area contributed by atoms with Gasteiger partial charge in [-0.15, -0.1) is 0 Å². The zero-order valence-corrected chi connectivity index (χ0v) is 7.62. The zero-order valence-electron chi connectivity index (χ0n) is 7.62. The van der Waals surface area contributed by atoms with Crippen molar-refractivity contribution in [3.63, 3.8) is 0 Å². The van der Waals surface area contributed by atoms with Gasteiger partial charge in [-0.3, -0.25) is 4.90 Å². The van der Waals surface area contributed by atoms with Crippen molar-refractivity contribution in [1.82, 2.24) is 10.2 Å². The van der Waals surface area contributed by atoms with Gasteiger partial charge in [-0.1, -0.05) is 0 Å². The first kappa shape index (κ1) is 9.68. The predicted octanol–water partition coefficient (Wildman–Crippen LogP) is 0.0718. The van der Waals surface area contributed by atoms with Crippen LogP contribution in [-0.4, -0.2) is 43.4 Å². The van der Waals surface area contributed by atoms with Gasteiger partial charge in [0.2, 0.25) is 0 Å². The van der Waals surface area contributed by atoms with Crippen LogP contribution in [0.1, 0.15) is 12.8 Å². The molecule has 0 aromatic rings. The summed E-state index contributed by atoms with van der Waals surface area (Å²) in [6.45, 7) is 5.88. The molecule has 1 rings (SSSR count). The number of nitrogens with one attached hydrogen (secondary N) is 1. The van der Waals surface area contributed by atoms with Gasteiger partial charge in [-0.2, -0.15) is 0 Å². The minimum Gasteiger partial charge on any atom is -0.317 e. The van der Waals surface area contributed by atoms with Crippen molar-refractivity contribution in [3.05, 3.63) is 6.92 Å². The fourth-order valence-electron chi connectivity index (χ4n) is 1.58. The lowest BCUT2D eigenvalue weighted by atomic mass is 10.0. The third kappa shape index (κ3) is 2.29. The molecule has 0 aromatic carbocycles. The van der Waals surface area contributed by atoms with Gasteiger partial charge in [0, 0.05) is 6.04 Å². The van der Waals surface area contributed by atoms with E-state index in [1.54, 1.807) is 0 Å². The molecule has 3 heteroatoms. The summed E-state index contributed by atoms with van der Waals surface area (Å²) in [6.07, 6.45) is 3.15. The fraction of sp³-hybridized carbons (Fsp3) is 0.778. The van der Waals surface area contributed by atoms with Crippen molar-refractivity contribution in [2.45, 2.75) is 24.9 Å². The van der Waals surface area contributed by atoms with Crippen LogP contribution in [0.25, 0.3) is 0 Å². The third-order valence-corrected chi connectivity index (χ3v) is 2.56. The van der Waals surface area contributed by atoms with Crippen molar-refractivity contribution in [3.8, 4) is 0 Å². The highest BCUT2D eigenvalue weighted by molar-refractivity contribution is 5.58. The second-order valence-corrected chi connectivity index (χ2v) is 3.35. The predicted molar refractivity (Wildman–Crippen MR) is 48.9 cm³/mol. The van der Waals surface area contributed by atoms with Crippen LogP contribution in [0.3, 0.4) is 0 Å². The first-order valence-corrected chi connectivity index (χ1v) is 4.46. The van der Waals surface area contributed by atoms with Crippen LogP contribution in [0, 0.1) is 6.92 Å². The summed E-state index contributed by atoms with van der Waals surface area (Å²) in [5, 5.41) is 3.29. The summed E-state index contributed by atoms with van der Waals surface area (Å²) < 4.78 is 0. The van der Waals surface area contributed by atoms with Gasteiger partial charge in [0.05, 0.1) is 6.04 Å². The molecule has 1 N–H and O–H groups in total. The van der Waals surface area contributed by atoms with Gasteiger partial charge in [-0.05, 0) is 39.9 Å². The number of piperidine rings is 1. The molecular formula is C9H17N2O. The summed E-state index contributed by atoms with van der Waals surface area (Å²) in [6, 6.07) is 0.340. The average molecular weight is 169 g/mol. The Hall–Kier alpha value is -0.410. The van der Waals surface area contributed by atoms with Crippen LogP contribution in [0.15, 0.2) is 0 Å². The monoisotopic (exact) mass is 169 g/mol. The Morgan fingerprint density at radius 3 is 2.67 bits per heavy atom. The molecule has 1 heterocycles. The molecule has 0 aromatic heterocycles. The van der Waals surface area contributed by atoms with Crippen LogP contribution < -0.4 is 5.32 Å². The number of likely N-dealkylation sites (N-methyl/N-ethyl adjacent to an activating group) is 1. The molecule has 1 radical (unpaired) electrons. The molecule has 12 heavy (non-hydrogen) atoms. The smallest absolute Gasteiger partial charge is 0.137 e. The van der Waals surface area contributed by atoms with E-state index in [2.05, 4.69) is 17.1 Å². The van der Waals surface area contributed by atoms with Crippen molar-refractivity contribution >= 4 is 6.29 Å². The summed E-state index contributed by atoms with van der Waals surface area (Å²) in [4.78, 5) is 12.5. The molecule has 1 atom stereocenters. The van der Waals surface area contributed by atoms with E-state index >= 15 is 0 Å². The van der Waals surface area contributed by atoms with E-state index in [0.717, 1.165) is 32.2 Å². The SMILES string of the molecule is [CH2]C(C=O)N(C)C1CCNCC1. The minimum absolute atomic E-state index is 0.187. The van der Waals surface area contributed by atoms with Gasteiger partial charge in [-0.25, -0.2) is 0 Å². The van der Waals surface area contributed by atoms with E-state index in [9.17, 15) is 4.79 Å². The number of nitrogens with zero attached hydrogens (tertiary/aromatic N) is 1. The highest BCUT2D eigenvalue weighted by Gasteiger charge is 2.20. The van der Waals surface area contributed by atoms with Crippen LogP contribution in [0.2, 0.25) is 0 Å². The second-order valence-electron chi connectivity index (χ2n) is 3.35. The standard InChI is InChI=1S/C9H17N2O/c1-8(7-12)11(2)9-3-5-10-6-4-9/h7-10H,1,3-6H2,2H3. The molecule has 0 bridgehead atoms. The third-order valence-electron chi connectivity index (χ3n) is 2.56. The lowest BCUT2D eigenvalue weighted by Crippen LogP contribution is -2.45. The Morgan fingerprint density at radius 1 is 1.58 bits per heavy atom. The largest absolute Gasteiger partial charge is 0.317 e. The van der Waals surface area contributed by atoms with E-state index in [1.807, 2.05) is 7.05 Å². The molecule has 0 spiro atoms. The summed E-state index contributed by atoms with van der Waals surface area (Å²) in [5.41, 5.74) is 0. The van der Waals surface area contributed by atoms with Gasteiger partial charge >= 0.3 is 0 Å². The number of rotatable bonds is 3. The van der Waals surface area contributed by atoms with Gasteiger partial charge in [0.25, 0.3) is 0 Å². The highest BCUT2D eigenvalue weighted by Crippen LogP contribution is 2.11. The Kier molecular flexibility index (Phi) is 3.69. The van der Waals surface area contributed by atoms with Crippen LogP contribution >= 0.6 is 0 Å². The number of carbonyl (C=O) groups is 1. The quantitative estimate of drug-likeness (QED) is 0.607. The summed E-state index contributed by atoms with van der Waals surface area (Å²) in [5.74, 6) is 0. The molecule has 1 aliphatic heterocycles. The summed E-state index contributed by atoms with van der Waals surface area (Å²) >= 11 is 0. The lowest BCUT2D eigenvalue weighted by Gasteiger charge is -2.33. The van der Waals surface area contributed by atoms with Crippen molar-refractivity contribution in [2.24, 2.45) is 0 Å². The van der Waals surface area contributed by atoms with E-state index in [-0.39, 0.29) is 6.04 Å². The maximum Gasteiger partial charge on any atom is 0.137 e. The Morgan fingerprint density at radius 2 is 2.17 bits per heavy atom. The number of hydrogen-bond donors (Lipinski definition) is 1. The Balaban J connectivity index is 2.38. The molecule has 0 amide bonds. The molecule has 1 aliphatic rings. The molecule has 69 valence electrons. The Bertz CT molecular complexity index is 143.